The summed E-state index contributed by atoms with van der Waals surface area (Å²) in [6, 6.07) is 4.81. The summed E-state index contributed by atoms with van der Waals surface area (Å²) in [6.07, 6.45) is 10.6. The minimum atomic E-state index is -0.457. The summed E-state index contributed by atoms with van der Waals surface area (Å²) in [5.41, 5.74) is 3.83. The first-order valence-corrected chi connectivity index (χ1v) is 16.3. The lowest BCUT2D eigenvalue weighted by Gasteiger charge is -2.18. The van der Waals surface area contributed by atoms with Crippen LogP contribution in [-0.4, -0.2) is 76.9 Å². The Morgan fingerprint density at radius 3 is 2.55 bits per heavy atom. The van der Waals surface area contributed by atoms with Gasteiger partial charge in [0.1, 0.15) is 29.8 Å². The van der Waals surface area contributed by atoms with Crippen molar-refractivity contribution in [2.45, 2.75) is 69.7 Å². The summed E-state index contributed by atoms with van der Waals surface area (Å²) in [5, 5.41) is 15.8. The van der Waals surface area contributed by atoms with Gasteiger partial charge in [0.05, 0.1) is 30.6 Å². The topological polar surface area (TPSA) is 171 Å². The fourth-order valence-corrected chi connectivity index (χ4v) is 6.28. The Hall–Kier alpha value is -4.98. The minimum Gasteiger partial charge on any atom is -0.395 e. The lowest BCUT2D eigenvalue weighted by molar-refractivity contribution is -0.125. The Bertz CT molecular complexity index is 1920. The molecule has 0 spiro atoms. The molecule has 4 aromatic heterocycles. The van der Waals surface area contributed by atoms with Crippen molar-refractivity contribution in [3.8, 4) is 0 Å². The first-order chi connectivity index (χ1) is 22.7. The van der Waals surface area contributed by atoms with Crippen LogP contribution in [0.5, 0.6) is 0 Å². The van der Waals surface area contributed by atoms with Gasteiger partial charge in [-0.05, 0) is 69.6 Å². The number of hydrogen-bond donors (Lipinski definition) is 3. The van der Waals surface area contributed by atoms with Gasteiger partial charge in [0.25, 0.3) is 5.91 Å². The van der Waals surface area contributed by atoms with E-state index in [1.165, 1.54) is 4.90 Å². The Balaban J connectivity index is 1.04. The quantitative estimate of drug-likeness (QED) is 0.207. The maximum absolute atomic E-state index is 13.2. The number of fused-ring (bicyclic) bond motifs is 1. The number of rotatable bonds is 11. The standard InChI is InChI=1S/C33H36N10O4/c1-17-7-8-34-30(35-17)22-12-23(22)32(46)40-27-13-26(38-29(39-27)20-5-6-20)36-18(2)24-15-41-14-21(19-3-4-19)11-25(31(41)37-24)43-16-28(45)42(9-10-44)33(43)47/h7-8,11,13-15,18-20,22-23,44H,3-6,9-10,12,16H2,1-2H3,(H2,36,38,39,40,46). The van der Waals surface area contributed by atoms with Crippen molar-refractivity contribution in [2.75, 3.05) is 35.2 Å². The average Bonchev–Trinajstić information content (AvgIpc) is 3.93. The Morgan fingerprint density at radius 1 is 1.02 bits per heavy atom. The predicted molar refractivity (Wildman–Crippen MR) is 171 cm³/mol. The molecule has 8 rings (SSSR count). The number of aliphatic hydroxyl groups is 1. The maximum Gasteiger partial charge on any atom is 0.331 e. The van der Waals surface area contributed by atoms with Crippen LogP contribution in [0.1, 0.15) is 91.4 Å². The Labute approximate surface area is 270 Å². The highest BCUT2D eigenvalue weighted by Crippen LogP contribution is 2.47. The number of nitrogens with one attached hydrogen (secondary N) is 2. The van der Waals surface area contributed by atoms with Crippen LogP contribution < -0.4 is 15.5 Å². The molecule has 3 unspecified atom stereocenters. The summed E-state index contributed by atoms with van der Waals surface area (Å²) >= 11 is 0. The number of pyridine rings is 1. The number of amides is 4. The van der Waals surface area contributed by atoms with Gasteiger partial charge in [-0.25, -0.2) is 29.7 Å². The van der Waals surface area contributed by atoms with Crippen LogP contribution in [0.25, 0.3) is 5.65 Å². The number of aliphatic hydroxyl groups excluding tert-OH is 1. The number of carbonyl (C=O) groups excluding carboxylic acids is 3. The van der Waals surface area contributed by atoms with Gasteiger partial charge in [-0.15, -0.1) is 0 Å². The summed E-state index contributed by atoms with van der Waals surface area (Å²) in [4.78, 5) is 64.8. The van der Waals surface area contributed by atoms with E-state index in [1.807, 2.05) is 42.8 Å². The highest BCUT2D eigenvalue weighted by Gasteiger charge is 2.46. The largest absolute Gasteiger partial charge is 0.395 e. The zero-order valence-electron chi connectivity index (χ0n) is 26.3. The number of hydrogen-bond acceptors (Lipinski definition) is 10. The van der Waals surface area contributed by atoms with Crippen molar-refractivity contribution < 1.29 is 19.5 Å². The number of anilines is 3. The molecule has 3 N–H and O–H groups in total. The number of imidazole rings is 1. The van der Waals surface area contributed by atoms with E-state index in [9.17, 15) is 19.5 Å². The third kappa shape index (κ3) is 5.77. The van der Waals surface area contributed by atoms with Crippen LogP contribution in [0, 0.1) is 12.8 Å². The van der Waals surface area contributed by atoms with Crippen molar-refractivity contribution in [2.24, 2.45) is 5.92 Å². The molecule has 0 aromatic carbocycles. The van der Waals surface area contributed by atoms with Crippen molar-refractivity contribution in [3.63, 3.8) is 0 Å². The first-order valence-electron chi connectivity index (χ1n) is 16.3. The van der Waals surface area contributed by atoms with Crippen LogP contribution in [0.4, 0.5) is 22.1 Å². The average molecular weight is 637 g/mol. The van der Waals surface area contributed by atoms with Gasteiger partial charge in [0.15, 0.2) is 5.65 Å². The van der Waals surface area contributed by atoms with Crippen molar-refractivity contribution in [3.05, 3.63) is 65.4 Å². The zero-order chi connectivity index (χ0) is 32.4. The Morgan fingerprint density at radius 2 is 1.81 bits per heavy atom. The molecule has 14 nitrogen and oxygen atoms in total. The molecule has 242 valence electrons. The number of imide groups is 1. The number of urea groups is 1. The third-order valence-corrected chi connectivity index (χ3v) is 9.31. The molecule has 47 heavy (non-hydrogen) atoms. The molecule has 4 amide bonds. The second-order valence-electron chi connectivity index (χ2n) is 13.1. The number of nitrogens with zero attached hydrogens (tertiary/aromatic N) is 8. The fraction of sp³-hybridized carbons (Fsp3) is 0.455. The third-order valence-electron chi connectivity index (χ3n) is 9.31. The molecule has 1 saturated heterocycles. The van der Waals surface area contributed by atoms with E-state index in [-0.39, 0.29) is 55.3 Å². The zero-order valence-corrected chi connectivity index (χ0v) is 26.3. The SMILES string of the molecule is Cc1ccnc(C2CC2C(=O)Nc2cc(NC(C)c3cn4cc(C5CC5)cc(N5CC(=O)N(CCO)C5=O)c4n3)nc(C3CC3)n2)n1. The molecule has 0 radical (unpaired) electrons. The van der Waals surface area contributed by atoms with Crippen LogP contribution in [0.3, 0.4) is 0 Å². The molecular formula is C33H36N10O4. The summed E-state index contributed by atoms with van der Waals surface area (Å²) in [5.74, 6) is 2.45. The van der Waals surface area contributed by atoms with E-state index in [0.717, 1.165) is 47.5 Å². The van der Waals surface area contributed by atoms with Gasteiger partial charge in [-0.3, -0.25) is 19.4 Å². The lowest BCUT2D eigenvalue weighted by Crippen LogP contribution is -2.35. The summed E-state index contributed by atoms with van der Waals surface area (Å²) in [7, 11) is 0. The number of β-amino-alcohol motifs (C(OH)–C–C–N with tert-alkyl or cyclic N) is 1. The van der Waals surface area contributed by atoms with Crippen LogP contribution in [-0.2, 0) is 9.59 Å². The molecule has 14 heteroatoms. The predicted octanol–water partition coefficient (Wildman–Crippen LogP) is 3.65. The number of aromatic nitrogens is 6. The number of aryl methyl sites for hydroxylation is 1. The summed E-state index contributed by atoms with van der Waals surface area (Å²) < 4.78 is 1.92. The smallest absolute Gasteiger partial charge is 0.331 e. The van der Waals surface area contributed by atoms with Gasteiger partial charge >= 0.3 is 6.03 Å². The van der Waals surface area contributed by atoms with E-state index in [0.29, 0.717) is 47.0 Å². The molecule has 4 aromatic rings. The first kappa shape index (κ1) is 29.4. The highest BCUT2D eigenvalue weighted by molar-refractivity contribution is 6.13. The van der Waals surface area contributed by atoms with Gasteiger partial charge in [-0.2, -0.15) is 0 Å². The second-order valence-corrected chi connectivity index (χ2v) is 13.1. The molecule has 4 fully saturated rings. The maximum atomic E-state index is 13.2. The van der Waals surface area contributed by atoms with E-state index >= 15 is 0 Å². The molecule has 1 aliphatic heterocycles. The van der Waals surface area contributed by atoms with Gasteiger partial charge < -0.3 is 20.1 Å². The fourth-order valence-electron chi connectivity index (χ4n) is 6.28. The van der Waals surface area contributed by atoms with E-state index < -0.39 is 6.03 Å². The molecule has 0 bridgehead atoms. The van der Waals surface area contributed by atoms with Crippen molar-refractivity contribution in [1.82, 2.24) is 34.2 Å². The molecule has 3 atom stereocenters. The Kier molecular flexibility index (Phi) is 7.12. The molecule has 3 saturated carbocycles. The van der Waals surface area contributed by atoms with E-state index in [1.54, 1.807) is 12.3 Å². The van der Waals surface area contributed by atoms with Crippen molar-refractivity contribution in [1.29, 1.82) is 0 Å². The van der Waals surface area contributed by atoms with E-state index in [4.69, 9.17) is 9.97 Å². The van der Waals surface area contributed by atoms with E-state index in [2.05, 4.69) is 25.6 Å². The number of carbonyl (C=O) groups is 3. The second kappa shape index (κ2) is 11.4. The molecule has 5 heterocycles. The van der Waals surface area contributed by atoms with Crippen LogP contribution in [0.15, 0.2) is 36.8 Å². The van der Waals surface area contributed by atoms with Crippen LogP contribution >= 0.6 is 0 Å². The van der Waals surface area contributed by atoms with Gasteiger partial charge in [0, 0.05) is 48.1 Å². The molecular weight excluding hydrogens is 600 g/mol. The lowest BCUT2D eigenvalue weighted by atomic mass is 10.1. The monoisotopic (exact) mass is 636 g/mol. The highest BCUT2D eigenvalue weighted by atomic mass is 16.3. The summed E-state index contributed by atoms with van der Waals surface area (Å²) in [6.45, 7) is 3.46. The normalized spacial score (nSPS) is 21.4. The van der Waals surface area contributed by atoms with Gasteiger partial charge in [0.2, 0.25) is 5.91 Å². The molecule has 3 aliphatic carbocycles. The van der Waals surface area contributed by atoms with Gasteiger partial charge in [-0.1, -0.05) is 0 Å². The minimum absolute atomic E-state index is 0.00403. The van der Waals surface area contributed by atoms with Crippen molar-refractivity contribution >= 4 is 40.8 Å². The molecule has 4 aliphatic rings. The van der Waals surface area contributed by atoms with Crippen LogP contribution in [0.2, 0.25) is 0 Å².